The van der Waals surface area contributed by atoms with Gasteiger partial charge in [0, 0.05) is 0 Å². The van der Waals surface area contributed by atoms with Crippen LogP contribution >= 0.6 is 0 Å². The molecule has 0 aliphatic rings. The molecular weight excluding hydrogens is 172 g/mol. The van der Waals surface area contributed by atoms with Crippen molar-refractivity contribution in [1.29, 1.82) is 0 Å². The molecule has 13 heavy (non-hydrogen) atoms. The fourth-order valence-corrected chi connectivity index (χ4v) is 0.638. The number of esters is 1. The summed E-state index contributed by atoms with van der Waals surface area (Å²) in [7, 11) is 0. The maximum absolute atomic E-state index is 10.4. The van der Waals surface area contributed by atoms with E-state index in [2.05, 4.69) is 25.5 Å². The van der Waals surface area contributed by atoms with Gasteiger partial charge in [-0.2, -0.15) is 0 Å². The van der Waals surface area contributed by atoms with Crippen LogP contribution in [0.25, 0.3) is 0 Å². The zero-order valence-corrected chi connectivity index (χ0v) is 8.50. The summed E-state index contributed by atoms with van der Waals surface area (Å²) in [6.07, 6.45) is 0. The molecule has 78 valence electrons. The van der Waals surface area contributed by atoms with Crippen LogP contribution in [0.1, 0.15) is 20.8 Å². The lowest BCUT2D eigenvalue weighted by molar-refractivity contribution is -0.148. The number of carbonyl (C=O) groups is 1. The van der Waals surface area contributed by atoms with Crippen molar-refractivity contribution in [2.24, 2.45) is 5.41 Å². The Bertz CT molecular complexity index is 148. The smallest absolute Gasteiger partial charge is 0.331 e. The first kappa shape index (κ1) is 12.4. The van der Waals surface area contributed by atoms with Crippen LogP contribution < -0.4 is 0 Å². The van der Waals surface area contributed by atoms with Gasteiger partial charge >= 0.3 is 5.97 Å². The first-order valence-electron chi connectivity index (χ1n) is 4.30. The van der Waals surface area contributed by atoms with Crippen molar-refractivity contribution in [2.75, 3.05) is 26.4 Å². The predicted octanol–water partition coefficient (Wildman–Crippen LogP) is 0.585. The minimum Gasteiger partial charge on any atom is -0.462 e. The van der Waals surface area contributed by atoms with Crippen LogP contribution in [-0.4, -0.2) is 37.5 Å². The highest BCUT2D eigenvalue weighted by Gasteiger charge is 2.09. The standard InChI is InChI=1S/C9H18O4/c1-9(2,3)7-12-4-5-13-8(11)6-10/h10H,4-7H2,1-3H3. The zero-order valence-electron chi connectivity index (χ0n) is 8.50. The van der Waals surface area contributed by atoms with E-state index in [0.29, 0.717) is 13.2 Å². The topological polar surface area (TPSA) is 55.8 Å². The molecule has 0 saturated heterocycles. The molecule has 0 radical (unpaired) electrons. The van der Waals surface area contributed by atoms with Crippen LogP contribution in [0.4, 0.5) is 0 Å². The van der Waals surface area contributed by atoms with Crippen LogP contribution in [-0.2, 0) is 14.3 Å². The third kappa shape index (κ3) is 9.30. The van der Waals surface area contributed by atoms with Crippen molar-refractivity contribution < 1.29 is 19.4 Å². The van der Waals surface area contributed by atoms with Gasteiger partial charge in [-0.25, -0.2) is 4.79 Å². The van der Waals surface area contributed by atoms with Crippen molar-refractivity contribution in [3.63, 3.8) is 0 Å². The predicted molar refractivity (Wildman–Crippen MR) is 48.3 cm³/mol. The van der Waals surface area contributed by atoms with E-state index < -0.39 is 12.6 Å². The monoisotopic (exact) mass is 190 g/mol. The largest absolute Gasteiger partial charge is 0.462 e. The van der Waals surface area contributed by atoms with E-state index in [0.717, 1.165) is 0 Å². The van der Waals surface area contributed by atoms with Gasteiger partial charge in [-0.15, -0.1) is 0 Å². The van der Waals surface area contributed by atoms with E-state index in [1.807, 2.05) is 0 Å². The van der Waals surface area contributed by atoms with Gasteiger partial charge in [-0.1, -0.05) is 20.8 Å². The third-order valence-corrected chi connectivity index (χ3v) is 1.15. The lowest BCUT2D eigenvalue weighted by Gasteiger charge is -2.17. The summed E-state index contributed by atoms with van der Waals surface area (Å²) in [5.41, 5.74) is 0.126. The van der Waals surface area contributed by atoms with E-state index in [1.54, 1.807) is 0 Å². The zero-order chi connectivity index (χ0) is 10.3. The molecule has 0 aliphatic carbocycles. The number of aliphatic hydroxyl groups excluding tert-OH is 1. The molecule has 4 nitrogen and oxygen atoms in total. The quantitative estimate of drug-likeness (QED) is 0.509. The lowest BCUT2D eigenvalue weighted by Crippen LogP contribution is -2.18. The van der Waals surface area contributed by atoms with Crippen LogP contribution in [0, 0.1) is 5.41 Å². The number of hydrogen-bond donors (Lipinski definition) is 1. The molecule has 0 amide bonds. The van der Waals surface area contributed by atoms with Gasteiger partial charge in [0.25, 0.3) is 0 Å². The first-order chi connectivity index (χ1) is 5.95. The third-order valence-electron chi connectivity index (χ3n) is 1.15. The maximum atomic E-state index is 10.4. The van der Waals surface area contributed by atoms with E-state index in [4.69, 9.17) is 9.84 Å². The molecular formula is C9H18O4. The Morgan fingerprint density at radius 3 is 2.38 bits per heavy atom. The van der Waals surface area contributed by atoms with Crippen LogP contribution in [0.3, 0.4) is 0 Å². The van der Waals surface area contributed by atoms with E-state index >= 15 is 0 Å². The summed E-state index contributed by atoms with van der Waals surface area (Å²) in [5, 5.41) is 8.31. The van der Waals surface area contributed by atoms with Crippen LogP contribution in [0.5, 0.6) is 0 Å². The minimum atomic E-state index is -0.612. The van der Waals surface area contributed by atoms with Gasteiger partial charge in [0.1, 0.15) is 13.2 Å². The van der Waals surface area contributed by atoms with Gasteiger partial charge in [0.2, 0.25) is 0 Å². The molecule has 0 rings (SSSR count). The highest BCUT2D eigenvalue weighted by molar-refractivity contribution is 5.70. The second-order valence-corrected chi connectivity index (χ2v) is 3.99. The lowest BCUT2D eigenvalue weighted by atomic mass is 9.99. The van der Waals surface area contributed by atoms with Crippen molar-refractivity contribution in [2.45, 2.75) is 20.8 Å². The summed E-state index contributed by atoms with van der Waals surface area (Å²) in [4.78, 5) is 10.4. The summed E-state index contributed by atoms with van der Waals surface area (Å²) < 4.78 is 9.83. The van der Waals surface area contributed by atoms with Crippen molar-refractivity contribution in [3.05, 3.63) is 0 Å². The molecule has 0 aromatic heterocycles. The summed E-state index contributed by atoms with van der Waals surface area (Å²) in [6.45, 7) is 6.83. The summed E-state index contributed by atoms with van der Waals surface area (Å²) in [5.74, 6) is -0.612. The molecule has 0 bridgehead atoms. The second-order valence-electron chi connectivity index (χ2n) is 3.99. The van der Waals surface area contributed by atoms with Crippen LogP contribution in [0.2, 0.25) is 0 Å². The Morgan fingerprint density at radius 1 is 1.31 bits per heavy atom. The van der Waals surface area contributed by atoms with Gasteiger partial charge in [-0.3, -0.25) is 0 Å². The molecule has 0 atom stereocenters. The summed E-state index contributed by atoms with van der Waals surface area (Å²) in [6, 6.07) is 0. The van der Waals surface area contributed by atoms with E-state index in [9.17, 15) is 4.79 Å². The number of hydrogen-bond acceptors (Lipinski definition) is 4. The first-order valence-corrected chi connectivity index (χ1v) is 4.30. The Morgan fingerprint density at radius 2 is 1.92 bits per heavy atom. The van der Waals surface area contributed by atoms with E-state index in [-0.39, 0.29) is 12.0 Å². The Kier molecular flexibility index (Phi) is 5.66. The van der Waals surface area contributed by atoms with Gasteiger partial charge in [-0.05, 0) is 5.41 Å². The molecule has 4 heteroatoms. The minimum absolute atomic E-state index is 0.126. The van der Waals surface area contributed by atoms with Crippen molar-refractivity contribution in [1.82, 2.24) is 0 Å². The molecule has 0 aromatic carbocycles. The second kappa shape index (κ2) is 5.94. The number of rotatable bonds is 5. The molecule has 0 aliphatic heterocycles. The average molecular weight is 190 g/mol. The Labute approximate surface area is 78.8 Å². The van der Waals surface area contributed by atoms with E-state index in [1.165, 1.54) is 0 Å². The molecule has 0 aromatic rings. The molecule has 0 spiro atoms. The van der Waals surface area contributed by atoms with Gasteiger partial charge in [0.05, 0.1) is 13.2 Å². The number of aliphatic hydroxyl groups is 1. The molecule has 1 N–H and O–H groups in total. The molecule has 0 saturated carbocycles. The summed E-state index contributed by atoms with van der Waals surface area (Å²) >= 11 is 0. The number of carbonyl (C=O) groups excluding carboxylic acids is 1. The molecule has 0 heterocycles. The fourth-order valence-electron chi connectivity index (χ4n) is 0.638. The highest BCUT2D eigenvalue weighted by Crippen LogP contribution is 2.12. The van der Waals surface area contributed by atoms with Crippen LogP contribution in [0.15, 0.2) is 0 Å². The maximum Gasteiger partial charge on any atom is 0.331 e. The highest BCUT2D eigenvalue weighted by atomic mass is 16.6. The van der Waals surface area contributed by atoms with Gasteiger partial charge < -0.3 is 14.6 Å². The number of ether oxygens (including phenoxy) is 2. The average Bonchev–Trinajstić information content (AvgIpc) is 2.01. The van der Waals surface area contributed by atoms with Crippen molar-refractivity contribution in [3.8, 4) is 0 Å². The fraction of sp³-hybridized carbons (Fsp3) is 0.889. The molecule has 0 unspecified atom stereocenters. The Balaban J connectivity index is 3.22. The normalized spacial score (nSPS) is 11.4. The Hall–Kier alpha value is -0.610. The van der Waals surface area contributed by atoms with Crippen molar-refractivity contribution >= 4 is 5.97 Å². The van der Waals surface area contributed by atoms with Gasteiger partial charge in [0.15, 0.2) is 0 Å². The SMILES string of the molecule is CC(C)(C)COCCOC(=O)CO. The molecule has 0 fully saturated rings.